The number of carbonyl (C=O) groups is 1. The number of hydrogen-bond acceptors (Lipinski definition) is 5. The number of carbonyl (C=O) groups excluding carboxylic acids is 1. The molecule has 25 heavy (non-hydrogen) atoms. The molecule has 0 N–H and O–H groups in total. The molecule has 0 atom stereocenters. The number of rotatable bonds is 2. The number of non-ortho nitro benzene ring substituents is 1. The van der Waals surface area contributed by atoms with Crippen LogP contribution >= 0.6 is 0 Å². The van der Waals surface area contributed by atoms with E-state index in [0.29, 0.717) is 18.6 Å². The molecule has 1 fully saturated rings. The van der Waals surface area contributed by atoms with E-state index in [1.807, 2.05) is 31.6 Å². The third kappa shape index (κ3) is 3.89. The van der Waals surface area contributed by atoms with E-state index in [1.54, 1.807) is 11.0 Å². The number of nitrogens with zero attached hydrogens (tertiary/aromatic N) is 4. The fourth-order valence-electron chi connectivity index (χ4n) is 2.96. The number of likely N-dealkylation sites (tertiary alicyclic amines) is 1. The minimum Gasteiger partial charge on any atom is -0.444 e. The number of amides is 1. The molecular weight excluding hydrogens is 324 g/mol. The number of piperidine rings is 1. The molecule has 1 aliphatic rings. The summed E-state index contributed by atoms with van der Waals surface area (Å²) in [5.41, 5.74) is 0.156. The summed E-state index contributed by atoms with van der Waals surface area (Å²) in [5.74, 6) is 0. The molecule has 8 heteroatoms. The summed E-state index contributed by atoms with van der Waals surface area (Å²) >= 11 is 0. The standard InChI is InChI=1S/C17H22N4O4/c1-17(2,3)25-16(22)19-8-6-13(7-9-19)20-11-12-4-5-14(21(23)24)10-15(12)18-20/h4-5,10-11,13H,6-9H2,1-3H3. The van der Waals surface area contributed by atoms with Crippen molar-refractivity contribution in [2.75, 3.05) is 13.1 Å². The summed E-state index contributed by atoms with van der Waals surface area (Å²) in [7, 11) is 0. The van der Waals surface area contributed by atoms with Gasteiger partial charge in [0.05, 0.1) is 16.5 Å². The minimum atomic E-state index is -0.498. The van der Waals surface area contributed by atoms with Gasteiger partial charge in [-0.15, -0.1) is 0 Å². The van der Waals surface area contributed by atoms with E-state index in [-0.39, 0.29) is 17.8 Å². The van der Waals surface area contributed by atoms with E-state index in [4.69, 9.17) is 4.74 Å². The van der Waals surface area contributed by atoms with Crippen molar-refractivity contribution in [2.45, 2.75) is 45.3 Å². The highest BCUT2D eigenvalue weighted by molar-refractivity contribution is 5.80. The molecule has 2 aromatic rings. The zero-order valence-corrected chi connectivity index (χ0v) is 14.6. The molecule has 1 aromatic carbocycles. The molecular formula is C17H22N4O4. The molecule has 2 heterocycles. The van der Waals surface area contributed by atoms with Crippen molar-refractivity contribution in [3.63, 3.8) is 0 Å². The van der Waals surface area contributed by atoms with Crippen molar-refractivity contribution in [3.8, 4) is 0 Å². The Hall–Kier alpha value is -2.64. The lowest BCUT2D eigenvalue weighted by atomic mass is 10.1. The molecule has 0 bridgehead atoms. The molecule has 0 unspecified atom stereocenters. The number of aromatic nitrogens is 2. The van der Waals surface area contributed by atoms with Gasteiger partial charge in [0, 0.05) is 36.8 Å². The average Bonchev–Trinajstić information content (AvgIpc) is 2.96. The van der Waals surface area contributed by atoms with Gasteiger partial charge >= 0.3 is 6.09 Å². The normalized spacial score (nSPS) is 16.2. The van der Waals surface area contributed by atoms with Crippen LogP contribution in [0.2, 0.25) is 0 Å². The minimum absolute atomic E-state index is 0.0393. The lowest BCUT2D eigenvalue weighted by Gasteiger charge is -2.33. The summed E-state index contributed by atoms with van der Waals surface area (Å²) in [4.78, 5) is 24.3. The first-order valence-corrected chi connectivity index (χ1v) is 8.34. The Labute approximate surface area is 145 Å². The molecule has 0 spiro atoms. The monoisotopic (exact) mass is 346 g/mol. The predicted molar refractivity (Wildman–Crippen MR) is 92.5 cm³/mol. The first-order valence-electron chi connectivity index (χ1n) is 8.34. The van der Waals surface area contributed by atoms with E-state index in [1.165, 1.54) is 12.1 Å². The molecule has 1 amide bonds. The summed E-state index contributed by atoms with van der Waals surface area (Å²) in [6, 6.07) is 4.86. The summed E-state index contributed by atoms with van der Waals surface area (Å²) < 4.78 is 7.26. The van der Waals surface area contributed by atoms with E-state index in [0.717, 1.165) is 18.2 Å². The van der Waals surface area contributed by atoms with Crippen molar-refractivity contribution in [3.05, 3.63) is 34.5 Å². The van der Waals surface area contributed by atoms with E-state index >= 15 is 0 Å². The van der Waals surface area contributed by atoms with Gasteiger partial charge in [0.2, 0.25) is 0 Å². The first kappa shape index (κ1) is 17.2. The maximum Gasteiger partial charge on any atom is 0.410 e. The van der Waals surface area contributed by atoms with Crippen LogP contribution in [-0.2, 0) is 4.74 Å². The highest BCUT2D eigenvalue weighted by Crippen LogP contribution is 2.26. The van der Waals surface area contributed by atoms with Gasteiger partial charge in [-0.3, -0.25) is 14.8 Å². The second-order valence-corrected chi connectivity index (χ2v) is 7.31. The lowest BCUT2D eigenvalue weighted by molar-refractivity contribution is -0.384. The molecule has 1 aromatic heterocycles. The van der Waals surface area contributed by atoms with Gasteiger partial charge in [-0.05, 0) is 39.7 Å². The maximum absolute atomic E-state index is 12.1. The van der Waals surface area contributed by atoms with Crippen molar-refractivity contribution >= 4 is 22.7 Å². The van der Waals surface area contributed by atoms with Gasteiger partial charge in [0.15, 0.2) is 0 Å². The zero-order chi connectivity index (χ0) is 18.2. The van der Waals surface area contributed by atoms with Gasteiger partial charge in [0.25, 0.3) is 5.69 Å². The Morgan fingerprint density at radius 2 is 2.00 bits per heavy atom. The average molecular weight is 346 g/mol. The predicted octanol–water partition coefficient (Wildman–Crippen LogP) is 3.52. The molecule has 3 rings (SSSR count). The quantitative estimate of drug-likeness (QED) is 0.613. The third-order valence-corrected chi connectivity index (χ3v) is 4.21. The van der Waals surface area contributed by atoms with Gasteiger partial charge in [-0.1, -0.05) is 0 Å². The van der Waals surface area contributed by atoms with Gasteiger partial charge in [-0.25, -0.2) is 4.79 Å². The van der Waals surface area contributed by atoms with Gasteiger partial charge < -0.3 is 9.64 Å². The van der Waals surface area contributed by atoms with Crippen molar-refractivity contribution < 1.29 is 14.5 Å². The van der Waals surface area contributed by atoms with Gasteiger partial charge in [-0.2, -0.15) is 5.10 Å². The van der Waals surface area contributed by atoms with Crippen LogP contribution in [0.25, 0.3) is 10.9 Å². The second-order valence-electron chi connectivity index (χ2n) is 7.31. The molecule has 0 radical (unpaired) electrons. The van der Waals surface area contributed by atoms with E-state index in [9.17, 15) is 14.9 Å². The SMILES string of the molecule is CC(C)(C)OC(=O)N1CCC(n2cc3ccc([N+](=O)[O-])cc3n2)CC1. The zero-order valence-electron chi connectivity index (χ0n) is 14.6. The Morgan fingerprint density at radius 3 is 2.60 bits per heavy atom. The van der Waals surface area contributed by atoms with Crippen LogP contribution in [0.3, 0.4) is 0 Å². The number of fused-ring (bicyclic) bond motifs is 1. The van der Waals surface area contributed by atoms with Crippen LogP contribution in [0.1, 0.15) is 39.7 Å². The van der Waals surface area contributed by atoms with Crippen molar-refractivity contribution in [2.24, 2.45) is 0 Å². The van der Waals surface area contributed by atoms with Crippen molar-refractivity contribution in [1.29, 1.82) is 0 Å². The number of nitro benzene ring substituents is 1. The van der Waals surface area contributed by atoms with Crippen LogP contribution in [-0.4, -0.2) is 44.4 Å². The number of nitro groups is 1. The second kappa shape index (κ2) is 6.34. The van der Waals surface area contributed by atoms with E-state index < -0.39 is 10.5 Å². The van der Waals surface area contributed by atoms with Crippen LogP contribution < -0.4 is 0 Å². The molecule has 1 aliphatic heterocycles. The molecule has 134 valence electrons. The number of ether oxygens (including phenoxy) is 1. The third-order valence-electron chi connectivity index (χ3n) is 4.21. The summed E-state index contributed by atoms with van der Waals surface area (Å²) in [5, 5.41) is 16.2. The first-order chi connectivity index (χ1) is 11.7. The number of benzene rings is 1. The van der Waals surface area contributed by atoms with Gasteiger partial charge in [0.1, 0.15) is 5.60 Å². The Balaban J connectivity index is 1.67. The highest BCUT2D eigenvalue weighted by Gasteiger charge is 2.28. The fraction of sp³-hybridized carbons (Fsp3) is 0.529. The molecule has 0 saturated carbocycles. The topological polar surface area (TPSA) is 90.5 Å². The Morgan fingerprint density at radius 1 is 1.32 bits per heavy atom. The lowest BCUT2D eigenvalue weighted by Crippen LogP contribution is -2.42. The summed E-state index contributed by atoms with van der Waals surface area (Å²) in [6.07, 6.45) is 3.17. The largest absolute Gasteiger partial charge is 0.444 e. The number of hydrogen-bond donors (Lipinski definition) is 0. The van der Waals surface area contributed by atoms with Crippen LogP contribution in [0, 0.1) is 10.1 Å². The van der Waals surface area contributed by atoms with Crippen molar-refractivity contribution in [1.82, 2.24) is 14.7 Å². The molecule has 0 aliphatic carbocycles. The highest BCUT2D eigenvalue weighted by atomic mass is 16.6. The van der Waals surface area contributed by atoms with Crippen LogP contribution in [0.15, 0.2) is 24.4 Å². The van der Waals surface area contributed by atoms with Crippen LogP contribution in [0.5, 0.6) is 0 Å². The maximum atomic E-state index is 12.1. The smallest absolute Gasteiger partial charge is 0.410 e. The summed E-state index contributed by atoms with van der Waals surface area (Å²) in [6.45, 7) is 6.77. The Kier molecular flexibility index (Phi) is 4.36. The molecule has 8 nitrogen and oxygen atoms in total. The van der Waals surface area contributed by atoms with E-state index in [2.05, 4.69) is 5.10 Å². The molecule has 1 saturated heterocycles. The fourth-order valence-corrected chi connectivity index (χ4v) is 2.96. The van der Waals surface area contributed by atoms with Crippen LogP contribution in [0.4, 0.5) is 10.5 Å². The Bertz CT molecular complexity index is 801.